The monoisotopic (exact) mass is 250 g/mol. The first kappa shape index (κ1) is 12.8. The topological polar surface area (TPSA) is 76.1 Å². The van der Waals surface area contributed by atoms with Crippen molar-refractivity contribution in [1.82, 2.24) is 15.3 Å². The second kappa shape index (κ2) is 5.30. The van der Waals surface area contributed by atoms with Crippen molar-refractivity contribution in [3.8, 4) is 0 Å². The van der Waals surface area contributed by atoms with Crippen molar-refractivity contribution in [1.29, 1.82) is 0 Å². The molecule has 1 aliphatic rings. The molecule has 6 nitrogen and oxygen atoms in total. The summed E-state index contributed by atoms with van der Waals surface area (Å²) in [7, 11) is 1.33. The fourth-order valence-corrected chi connectivity index (χ4v) is 2.04. The molecule has 0 atom stereocenters. The summed E-state index contributed by atoms with van der Waals surface area (Å²) in [5.74, 6) is 0.143. The second-order valence-corrected chi connectivity index (χ2v) is 4.72. The zero-order chi connectivity index (χ0) is 13.0. The highest BCUT2D eigenvalue weighted by atomic mass is 16.5. The van der Waals surface area contributed by atoms with Crippen molar-refractivity contribution in [3.63, 3.8) is 0 Å². The fourth-order valence-electron chi connectivity index (χ4n) is 2.04. The Morgan fingerprint density at radius 1 is 1.44 bits per heavy atom. The number of nitrogens with zero attached hydrogens (tertiary/aromatic N) is 2. The summed E-state index contributed by atoms with van der Waals surface area (Å²) in [5, 5.41) is 6.67. The molecule has 0 amide bonds. The maximum absolute atomic E-state index is 11.4. The normalized spacial score (nSPS) is 18.1. The summed E-state index contributed by atoms with van der Waals surface area (Å²) in [5.41, 5.74) is 0.217. The first-order valence-corrected chi connectivity index (χ1v) is 6.02. The Morgan fingerprint density at radius 2 is 2.17 bits per heavy atom. The Kier molecular flexibility index (Phi) is 3.76. The van der Waals surface area contributed by atoms with Crippen molar-refractivity contribution in [2.75, 3.05) is 25.5 Å². The molecule has 0 aromatic carbocycles. The zero-order valence-corrected chi connectivity index (χ0v) is 10.7. The Morgan fingerprint density at radius 3 is 2.83 bits per heavy atom. The van der Waals surface area contributed by atoms with Crippen molar-refractivity contribution in [3.05, 3.63) is 18.1 Å². The minimum atomic E-state index is -0.471. The summed E-state index contributed by atoms with van der Waals surface area (Å²) in [6.45, 7) is 4.11. The molecule has 0 unspecified atom stereocenters. The summed E-state index contributed by atoms with van der Waals surface area (Å²) in [6.07, 6.45) is 5.05. The van der Waals surface area contributed by atoms with Crippen molar-refractivity contribution < 1.29 is 9.53 Å². The molecule has 2 heterocycles. The van der Waals surface area contributed by atoms with Gasteiger partial charge in [0.25, 0.3) is 0 Å². The quantitative estimate of drug-likeness (QED) is 0.773. The molecule has 0 radical (unpaired) electrons. The van der Waals surface area contributed by atoms with Gasteiger partial charge in [0.1, 0.15) is 5.82 Å². The predicted molar refractivity (Wildman–Crippen MR) is 67.5 cm³/mol. The minimum Gasteiger partial charge on any atom is -0.464 e. The molecule has 1 fully saturated rings. The van der Waals surface area contributed by atoms with E-state index in [9.17, 15) is 4.79 Å². The lowest BCUT2D eigenvalue weighted by molar-refractivity contribution is 0.0593. The third-order valence-electron chi connectivity index (χ3n) is 3.17. The maximum atomic E-state index is 11.4. The van der Waals surface area contributed by atoms with Crippen LogP contribution < -0.4 is 10.6 Å². The molecule has 1 saturated heterocycles. The molecule has 1 aromatic heterocycles. The van der Waals surface area contributed by atoms with Crippen LogP contribution in [0.2, 0.25) is 0 Å². The predicted octanol–water partition coefficient (Wildman–Crippen LogP) is 0.817. The smallest absolute Gasteiger partial charge is 0.358 e. The van der Waals surface area contributed by atoms with Gasteiger partial charge in [0.2, 0.25) is 0 Å². The zero-order valence-electron chi connectivity index (χ0n) is 10.7. The lowest BCUT2D eigenvalue weighted by atomic mass is 9.91. The van der Waals surface area contributed by atoms with Gasteiger partial charge in [-0.25, -0.2) is 9.78 Å². The van der Waals surface area contributed by atoms with E-state index >= 15 is 0 Å². The second-order valence-electron chi connectivity index (χ2n) is 4.72. The molecular weight excluding hydrogens is 232 g/mol. The Bertz CT molecular complexity index is 430. The van der Waals surface area contributed by atoms with Gasteiger partial charge in [0.15, 0.2) is 5.69 Å². The number of piperidine rings is 1. The van der Waals surface area contributed by atoms with Gasteiger partial charge in [0.05, 0.1) is 19.5 Å². The highest BCUT2D eigenvalue weighted by molar-refractivity contribution is 5.87. The maximum Gasteiger partial charge on any atom is 0.358 e. The van der Waals surface area contributed by atoms with E-state index in [1.807, 2.05) is 0 Å². The third-order valence-corrected chi connectivity index (χ3v) is 3.17. The van der Waals surface area contributed by atoms with Crippen LogP contribution in [0.25, 0.3) is 0 Å². The average molecular weight is 250 g/mol. The van der Waals surface area contributed by atoms with E-state index in [-0.39, 0.29) is 11.2 Å². The summed E-state index contributed by atoms with van der Waals surface area (Å²) < 4.78 is 4.63. The molecular formula is C12H18N4O2. The van der Waals surface area contributed by atoms with E-state index in [4.69, 9.17) is 0 Å². The first-order valence-electron chi connectivity index (χ1n) is 6.02. The molecule has 2 rings (SSSR count). The van der Waals surface area contributed by atoms with Crippen LogP contribution in [0.5, 0.6) is 0 Å². The number of ether oxygens (including phenoxy) is 1. The van der Waals surface area contributed by atoms with Gasteiger partial charge in [-0.3, -0.25) is 4.98 Å². The van der Waals surface area contributed by atoms with E-state index in [2.05, 4.69) is 32.3 Å². The Labute approximate surface area is 106 Å². The standard InChI is InChI=1S/C12H18N4O2/c1-12(3-5-13-6-4-12)16-10-8-14-7-9(15-10)11(17)18-2/h7-8,13H,3-6H2,1-2H3,(H,15,16). The van der Waals surface area contributed by atoms with E-state index in [1.165, 1.54) is 13.3 Å². The van der Waals surface area contributed by atoms with Gasteiger partial charge in [-0.15, -0.1) is 0 Å². The van der Waals surface area contributed by atoms with Crippen molar-refractivity contribution in [2.24, 2.45) is 0 Å². The lowest BCUT2D eigenvalue weighted by Gasteiger charge is -2.35. The molecule has 0 bridgehead atoms. The summed E-state index contributed by atoms with van der Waals surface area (Å²) in [6, 6.07) is 0. The van der Waals surface area contributed by atoms with Crippen molar-refractivity contribution >= 4 is 11.8 Å². The van der Waals surface area contributed by atoms with Crippen LogP contribution in [0.4, 0.5) is 5.82 Å². The number of hydrogen-bond donors (Lipinski definition) is 2. The van der Waals surface area contributed by atoms with E-state index in [1.54, 1.807) is 6.20 Å². The number of aromatic nitrogens is 2. The van der Waals surface area contributed by atoms with Crippen LogP contribution in [0.3, 0.4) is 0 Å². The van der Waals surface area contributed by atoms with Crippen LogP contribution >= 0.6 is 0 Å². The molecule has 0 saturated carbocycles. The largest absolute Gasteiger partial charge is 0.464 e. The molecule has 6 heteroatoms. The number of esters is 1. The summed E-state index contributed by atoms with van der Waals surface area (Å²) >= 11 is 0. The Hall–Kier alpha value is -1.69. The van der Waals surface area contributed by atoms with E-state index < -0.39 is 5.97 Å². The molecule has 0 aliphatic carbocycles. The molecule has 1 aromatic rings. The van der Waals surface area contributed by atoms with Gasteiger partial charge in [0, 0.05) is 5.54 Å². The molecule has 1 aliphatic heterocycles. The van der Waals surface area contributed by atoms with Gasteiger partial charge >= 0.3 is 5.97 Å². The number of carbonyl (C=O) groups is 1. The number of methoxy groups -OCH3 is 1. The van der Waals surface area contributed by atoms with Crippen LogP contribution in [-0.4, -0.2) is 41.7 Å². The fraction of sp³-hybridized carbons (Fsp3) is 0.583. The summed E-state index contributed by atoms with van der Waals surface area (Å²) in [4.78, 5) is 19.6. The number of nitrogens with one attached hydrogen (secondary N) is 2. The highest BCUT2D eigenvalue weighted by Gasteiger charge is 2.27. The van der Waals surface area contributed by atoms with E-state index in [0.717, 1.165) is 25.9 Å². The van der Waals surface area contributed by atoms with Gasteiger partial charge in [-0.2, -0.15) is 0 Å². The van der Waals surface area contributed by atoms with Crippen molar-refractivity contribution in [2.45, 2.75) is 25.3 Å². The Balaban J connectivity index is 2.11. The van der Waals surface area contributed by atoms with Crippen LogP contribution in [0.1, 0.15) is 30.3 Å². The van der Waals surface area contributed by atoms with Gasteiger partial charge < -0.3 is 15.4 Å². The first-order chi connectivity index (χ1) is 8.63. The van der Waals surface area contributed by atoms with Gasteiger partial charge in [-0.1, -0.05) is 0 Å². The lowest BCUT2D eigenvalue weighted by Crippen LogP contribution is -2.45. The molecule has 18 heavy (non-hydrogen) atoms. The molecule has 0 spiro atoms. The van der Waals surface area contributed by atoms with Crippen LogP contribution in [0, 0.1) is 0 Å². The van der Waals surface area contributed by atoms with E-state index in [0.29, 0.717) is 5.82 Å². The third kappa shape index (κ3) is 2.95. The van der Waals surface area contributed by atoms with Gasteiger partial charge in [-0.05, 0) is 32.9 Å². The highest BCUT2D eigenvalue weighted by Crippen LogP contribution is 2.22. The number of anilines is 1. The number of carbonyl (C=O) groups excluding carboxylic acids is 1. The van der Waals surface area contributed by atoms with Crippen LogP contribution in [-0.2, 0) is 4.74 Å². The molecule has 98 valence electrons. The van der Waals surface area contributed by atoms with Crippen LogP contribution in [0.15, 0.2) is 12.4 Å². The number of hydrogen-bond acceptors (Lipinski definition) is 6. The SMILES string of the molecule is COC(=O)c1cncc(NC2(C)CCNCC2)n1. The minimum absolute atomic E-state index is 0.00528. The molecule has 2 N–H and O–H groups in total. The average Bonchev–Trinajstić information content (AvgIpc) is 2.38. The number of rotatable bonds is 3.